The number of rotatable bonds is 2. The van der Waals surface area contributed by atoms with Gasteiger partial charge in [-0.05, 0) is 37.3 Å². The lowest BCUT2D eigenvalue weighted by Gasteiger charge is -2.06. The molecular weight excluding hydrogens is 316 g/mol. The third-order valence-electron chi connectivity index (χ3n) is 4.25. The minimum absolute atomic E-state index is 0.189. The molecule has 0 aliphatic carbocycles. The molecule has 124 valence electrons. The molecule has 0 fully saturated rings. The average Bonchev–Trinajstić information content (AvgIpc) is 2.95. The van der Waals surface area contributed by atoms with Gasteiger partial charge in [0, 0.05) is 18.9 Å². The second-order valence-electron chi connectivity index (χ2n) is 5.99. The zero-order valence-corrected chi connectivity index (χ0v) is 13.9. The van der Waals surface area contributed by atoms with E-state index in [1.54, 1.807) is 36.0 Å². The van der Waals surface area contributed by atoms with Crippen molar-refractivity contribution in [3.8, 4) is 0 Å². The van der Waals surface area contributed by atoms with Gasteiger partial charge in [0.2, 0.25) is 0 Å². The van der Waals surface area contributed by atoms with Crippen molar-refractivity contribution in [2.24, 2.45) is 7.05 Å². The Kier molecular flexibility index (Phi) is 3.39. The first-order valence-corrected chi connectivity index (χ1v) is 7.89. The highest BCUT2D eigenvalue weighted by molar-refractivity contribution is 6.06. The molecule has 1 aromatic carbocycles. The van der Waals surface area contributed by atoms with Crippen molar-refractivity contribution >= 4 is 28.3 Å². The number of benzene rings is 1. The van der Waals surface area contributed by atoms with Crippen LogP contribution in [0.1, 0.15) is 16.1 Å². The number of fused-ring (bicyclic) bond motifs is 2. The van der Waals surface area contributed by atoms with Crippen LogP contribution in [0.25, 0.3) is 16.7 Å². The molecule has 3 aromatic heterocycles. The van der Waals surface area contributed by atoms with Gasteiger partial charge in [-0.15, -0.1) is 0 Å². The fourth-order valence-electron chi connectivity index (χ4n) is 2.87. The number of carbonyl (C=O) groups excluding carboxylic acids is 1. The van der Waals surface area contributed by atoms with E-state index in [2.05, 4.69) is 10.3 Å². The topological polar surface area (TPSA) is 68.4 Å². The van der Waals surface area contributed by atoms with E-state index in [1.165, 1.54) is 4.40 Å². The lowest BCUT2D eigenvalue weighted by molar-refractivity contribution is 0.101. The van der Waals surface area contributed by atoms with Gasteiger partial charge in [0.1, 0.15) is 17.0 Å². The molecule has 0 aliphatic rings. The largest absolute Gasteiger partial charge is 0.324 e. The molecule has 0 unspecified atom stereocenters. The minimum atomic E-state index is -0.280. The van der Waals surface area contributed by atoms with E-state index in [-0.39, 0.29) is 11.5 Å². The molecule has 0 bridgehead atoms. The molecule has 3 heterocycles. The number of aromatic nitrogens is 3. The maximum Gasteiger partial charge on any atom is 0.272 e. The van der Waals surface area contributed by atoms with Crippen LogP contribution in [-0.2, 0) is 7.05 Å². The molecule has 1 N–H and O–H groups in total. The van der Waals surface area contributed by atoms with Crippen molar-refractivity contribution in [3.05, 3.63) is 76.3 Å². The number of amides is 1. The number of pyridine rings is 1. The van der Waals surface area contributed by atoms with Gasteiger partial charge in [0.05, 0.1) is 5.39 Å². The van der Waals surface area contributed by atoms with Crippen LogP contribution < -0.4 is 10.9 Å². The fourth-order valence-corrected chi connectivity index (χ4v) is 2.87. The summed E-state index contributed by atoms with van der Waals surface area (Å²) in [5.74, 6) is -0.280. The van der Waals surface area contributed by atoms with Crippen LogP contribution in [-0.4, -0.2) is 19.9 Å². The molecule has 0 spiro atoms. The van der Waals surface area contributed by atoms with Crippen LogP contribution in [0.15, 0.2) is 59.5 Å². The maximum atomic E-state index is 12.6. The van der Waals surface area contributed by atoms with Crippen molar-refractivity contribution < 1.29 is 4.79 Å². The second kappa shape index (κ2) is 5.59. The van der Waals surface area contributed by atoms with Gasteiger partial charge in [-0.1, -0.05) is 23.8 Å². The summed E-state index contributed by atoms with van der Waals surface area (Å²) in [6.07, 6.45) is 1.67. The first kappa shape index (κ1) is 15.1. The molecule has 6 nitrogen and oxygen atoms in total. The predicted molar refractivity (Wildman–Crippen MR) is 97.1 cm³/mol. The number of nitrogens with one attached hydrogen (secondary N) is 1. The van der Waals surface area contributed by atoms with Gasteiger partial charge in [0.15, 0.2) is 0 Å². The summed E-state index contributed by atoms with van der Waals surface area (Å²) in [7, 11) is 1.73. The Balaban J connectivity index is 1.82. The van der Waals surface area contributed by atoms with Crippen LogP contribution in [0.3, 0.4) is 0 Å². The monoisotopic (exact) mass is 332 g/mol. The Morgan fingerprint density at radius 2 is 1.88 bits per heavy atom. The highest BCUT2D eigenvalue weighted by atomic mass is 16.2. The van der Waals surface area contributed by atoms with Crippen molar-refractivity contribution in [2.45, 2.75) is 6.92 Å². The summed E-state index contributed by atoms with van der Waals surface area (Å²) in [6.45, 7) is 1.99. The Hall–Kier alpha value is -3.41. The number of carbonyl (C=O) groups is 1. The van der Waals surface area contributed by atoms with Crippen molar-refractivity contribution in [1.29, 1.82) is 0 Å². The summed E-state index contributed by atoms with van der Waals surface area (Å²) < 4.78 is 3.12. The quantitative estimate of drug-likeness (QED) is 0.614. The van der Waals surface area contributed by atoms with E-state index in [1.807, 2.05) is 37.3 Å². The molecule has 6 heteroatoms. The third kappa shape index (κ3) is 2.48. The summed E-state index contributed by atoms with van der Waals surface area (Å²) in [4.78, 5) is 29.8. The number of nitrogens with zero attached hydrogens (tertiary/aromatic N) is 3. The molecule has 0 saturated heterocycles. The summed E-state index contributed by atoms with van der Waals surface area (Å²) in [5.41, 5.74) is 3.06. The van der Waals surface area contributed by atoms with Crippen molar-refractivity contribution in [3.63, 3.8) is 0 Å². The van der Waals surface area contributed by atoms with Crippen LogP contribution in [0.5, 0.6) is 0 Å². The molecule has 0 atom stereocenters. The normalized spacial score (nSPS) is 11.1. The summed E-state index contributed by atoms with van der Waals surface area (Å²) in [6, 6.07) is 14.5. The van der Waals surface area contributed by atoms with E-state index in [4.69, 9.17) is 0 Å². The number of anilines is 1. The van der Waals surface area contributed by atoms with Crippen LogP contribution in [0.2, 0.25) is 0 Å². The molecule has 0 aliphatic heterocycles. The number of hydrogen-bond acceptors (Lipinski definition) is 3. The van der Waals surface area contributed by atoms with Gasteiger partial charge in [-0.3, -0.25) is 14.0 Å². The molecule has 4 aromatic rings. The first-order chi connectivity index (χ1) is 12.0. The minimum Gasteiger partial charge on any atom is -0.324 e. The van der Waals surface area contributed by atoms with E-state index >= 15 is 0 Å². The molecule has 25 heavy (non-hydrogen) atoms. The summed E-state index contributed by atoms with van der Waals surface area (Å²) >= 11 is 0. The lowest BCUT2D eigenvalue weighted by atomic mass is 10.2. The van der Waals surface area contributed by atoms with Crippen LogP contribution in [0.4, 0.5) is 5.69 Å². The Morgan fingerprint density at radius 1 is 1.12 bits per heavy atom. The third-order valence-corrected chi connectivity index (χ3v) is 4.25. The second-order valence-corrected chi connectivity index (χ2v) is 5.99. The highest BCUT2D eigenvalue weighted by Crippen LogP contribution is 2.17. The van der Waals surface area contributed by atoms with Gasteiger partial charge in [0.25, 0.3) is 11.5 Å². The first-order valence-electron chi connectivity index (χ1n) is 7.89. The molecular formula is C19H16N4O2. The predicted octanol–water partition coefficient (Wildman–Crippen LogP) is 2.75. The standard InChI is InChI=1S/C19H16N4O2/c1-12-6-8-13(9-7-12)20-18(24)15-11-14-17(22(15)2)21-16-5-3-4-10-23(16)19(14)25/h3-11H,1-2H3,(H,20,24). The molecule has 1 amide bonds. The van der Waals surface area contributed by atoms with Gasteiger partial charge in [-0.2, -0.15) is 0 Å². The van der Waals surface area contributed by atoms with Crippen LogP contribution >= 0.6 is 0 Å². The molecule has 4 rings (SSSR count). The van der Waals surface area contributed by atoms with E-state index in [9.17, 15) is 9.59 Å². The average molecular weight is 332 g/mol. The maximum absolute atomic E-state index is 12.6. The molecule has 0 saturated carbocycles. The fraction of sp³-hybridized carbons (Fsp3) is 0.105. The van der Waals surface area contributed by atoms with Gasteiger partial charge >= 0.3 is 0 Å². The Bertz CT molecular complexity index is 1170. The van der Waals surface area contributed by atoms with E-state index in [0.717, 1.165) is 5.56 Å². The highest BCUT2D eigenvalue weighted by Gasteiger charge is 2.17. The van der Waals surface area contributed by atoms with E-state index < -0.39 is 0 Å². The van der Waals surface area contributed by atoms with Crippen LogP contribution in [0, 0.1) is 6.92 Å². The smallest absolute Gasteiger partial charge is 0.272 e. The van der Waals surface area contributed by atoms with Crippen molar-refractivity contribution in [1.82, 2.24) is 14.0 Å². The number of aryl methyl sites for hydroxylation is 2. The van der Waals surface area contributed by atoms with Crippen molar-refractivity contribution in [2.75, 3.05) is 5.32 Å². The summed E-state index contributed by atoms with van der Waals surface area (Å²) in [5, 5.41) is 3.27. The van der Waals surface area contributed by atoms with E-state index in [0.29, 0.717) is 28.1 Å². The SMILES string of the molecule is Cc1ccc(NC(=O)c2cc3c(=O)n4ccccc4nc3n2C)cc1. The molecule has 0 radical (unpaired) electrons. The number of hydrogen-bond donors (Lipinski definition) is 1. The zero-order chi connectivity index (χ0) is 17.6. The Morgan fingerprint density at radius 3 is 2.64 bits per heavy atom. The Labute approximate surface area is 143 Å². The lowest BCUT2D eigenvalue weighted by Crippen LogP contribution is -2.16. The van der Waals surface area contributed by atoms with Gasteiger partial charge < -0.3 is 9.88 Å². The van der Waals surface area contributed by atoms with Gasteiger partial charge in [-0.25, -0.2) is 4.98 Å². The zero-order valence-electron chi connectivity index (χ0n) is 13.9.